The molecule has 2 aliphatic rings. The van der Waals surface area contributed by atoms with Crippen LogP contribution in [0.5, 0.6) is 0 Å². The van der Waals surface area contributed by atoms with Gasteiger partial charge in [-0.3, -0.25) is 9.69 Å². The third-order valence-corrected chi connectivity index (χ3v) is 6.45. The number of carbonyl (C=O) groups is 1. The first kappa shape index (κ1) is 20.7. The molecule has 0 aromatic heterocycles. The summed E-state index contributed by atoms with van der Waals surface area (Å²) in [7, 11) is 0. The average molecular weight is 403 g/mol. The second kappa shape index (κ2) is 9.47. The Morgan fingerprint density at radius 2 is 1.67 bits per heavy atom. The number of hydrogen-bond donors (Lipinski definition) is 1. The fourth-order valence-corrected chi connectivity index (χ4v) is 4.85. The summed E-state index contributed by atoms with van der Waals surface area (Å²) in [4.78, 5) is 16.8. The fourth-order valence-electron chi connectivity index (χ4n) is 4.85. The molecule has 0 unspecified atom stereocenters. The number of benzene rings is 2. The molecule has 2 fully saturated rings. The SMILES string of the molecule is CCC(=O)N1CCCCN2[C@H](CO)[C@@H](c3ccc(C#Cc4ccccc4)cc3)[C@H]2C1. The molecule has 2 aromatic carbocycles. The van der Waals surface area contributed by atoms with E-state index in [-0.39, 0.29) is 30.5 Å². The van der Waals surface area contributed by atoms with Crippen LogP contribution in [0.3, 0.4) is 0 Å². The highest BCUT2D eigenvalue weighted by atomic mass is 16.3. The van der Waals surface area contributed by atoms with Crippen molar-refractivity contribution in [2.45, 2.75) is 44.2 Å². The summed E-state index contributed by atoms with van der Waals surface area (Å²) in [5, 5.41) is 10.1. The fraction of sp³-hybridized carbons (Fsp3) is 0.423. The summed E-state index contributed by atoms with van der Waals surface area (Å²) >= 11 is 0. The minimum Gasteiger partial charge on any atom is -0.395 e. The van der Waals surface area contributed by atoms with E-state index in [9.17, 15) is 9.90 Å². The Hall–Kier alpha value is -2.61. The number of aliphatic hydroxyl groups is 1. The smallest absolute Gasteiger partial charge is 0.222 e. The number of rotatable bonds is 3. The second-order valence-electron chi connectivity index (χ2n) is 8.22. The molecular formula is C26H30N2O2. The molecule has 0 spiro atoms. The highest BCUT2D eigenvalue weighted by Gasteiger charge is 2.49. The van der Waals surface area contributed by atoms with Gasteiger partial charge in [-0.25, -0.2) is 0 Å². The molecule has 30 heavy (non-hydrogen) atoms. The van der Waals surface area contributed by atoms with Crippen LogP contribution in [0.2, 0.25) is 0 Å². The maximum atomic E-state index is 12.4. The lowest BCUT2D eigenvalue weighted by Gasteiger charge is -2.57. The quantitative estimate of drug-likeness (QED) is 0.802. The molecule has 0 radical (unpaired) electrons. The summed E-state index contributed by atoms with van der Waals surface area (Å²) in [6.07, 6.45) is 2.66. The molecule has 2 aliphatic heterocycles. The van der Waals surface area contributed by atoms with E-state index in [2.05, 4.69) is 41.0 Å². The molecule has 2 aromatic rings. The van der Waals surface area contributed by atoms with Crippen LogP contribution in [0.25, 0.3) is 0 Å². The van der Waals surface area contributed by atoms with E-state index in [0.717, 1.165) is 43.6 Å². The predicted molar refractivity (Wildman–Crippen MR) is 119 cm³/mol. The van der Waals surface area contributed by atoms with Gasteiger partial charge in [-0.05, 0) is 49.2 Å². The van der Waals surface area contributed by atoms with Crippen molar-refractivity contribution in [1.82, 2.24) is 9.80 Å². The van der Waals surface area contributed by atoms with Crippen LogP contribution >= 0.6 is 0 Å². The third kappa shape index (κ3) is 4.28. The number of nitrogens with zero attached hydrogens (tertiary/aromatic N) is 2. The van der Waals surface area contributed by atoms with E-state index in [1.54, 1.807) is 0 Å². The first-order chi connectivity index (χ1) is 14.7. The molecule has 3 atom stereocenters. The van der Waals surface area contributed by atoms with Crippen molar-refractivity contribution in [3.05, 3.63) is 71.3 Å². The summed E-state index contributed by atoms with van der Waals surface area (Å²) in [5.41, 5.74) is 3.22. The van der Waals surface area contributed by atoms with Gasteiger partial charge in [-0.15, -0.1) is 0 Å². The van der Waals surface area contributed by atoms with Crippen LogP contribution in [0.4, 0.5) is 0 Å². The van der Waals surface area contributed by atoms with Crippen molar-refractivity contribution in [2.75, 3.05) is 26.2 Å². The number of carbonyl (C=O) groups excluding carboxylic acids is 1. The second-order valence-corrected chi connectivity index (χ2v) is 8.22. The van der Waals surface area contributed by atoms with Crippen molar-refractivity contribution in [3.8, 4) is 11.8 Å². The normalized spacial score (nSPS) is 23.9. The number of amides is 1. The van der Waals surface area contributed by atoms with Gasteiger partial charge in [0.15, 0.2) is 0 Å². The van der Waals surface area contributed by atoms with E-state index in [1.807, 2.05) is 42.2 Å². The van der Waals surface area contributed by atoms with Crippen LogP contribution in [0.15, 0.2) is 54.6 Å². The van der Waals surface area contributed by atoms with Crippen LogP contribution < -0.4 is 0 Å². The van der Waals surface area contributed by atoms with Crippen molar-refractivity contribution < 1.29 is 9.90 Å². The Morgan fingerprint density at radius 3 is 2.33 bits per heavy atom. The summed E-state index contributed by atoms with van der Waals surface area (Å²) in [6, 6.07) is 18.8. The Kier molecular flexibility index (Phi) is 6.52. The van der Waals surface area contributed by atoms with Crippen molar-refractivity contribution >= 4 is 5.91 Å². The molecule has 4 rings (SSSR count). The maximum absolute atomic E-state index is 12.4. The minimum absolute atomic E-state index is 0.132. The van der Waals surface area contributed by atoms with E-state index < -0.39 is 0 Å². The molecule has 4 nitrogen and oxygen atoms in total. The van der Waals surface area contributed by atoms with Gasteiger partial charge < -0.3 is 10.0 Å². The van der Waals surface area contributed by atoms with Crippen molar-refractivity contribution in [2.24, 2.45) is 0 Å². The number of fused-ring (bicyclic) bond motifs is 1. The predicted octanol–water partition coefficient (Wildman–Crippen LogP) is 3.25. The molecule has 156 valence electrons. The standard InChI is InChI=1S/C26H30N2O2/c1-2-25(30)27-16-6-7-17-28-23(18-27)26(24(28)19-29)22-14-12-21(13-15-22)11-10-20-8-4-3-5-9-20/h3-5,8-9,12-15,23-24,26,29H,2,6-7,16-19H2,1H3/t23-,24-,26+/m1/s1. The number of hydrogen-bond acceptors (Lipinski definition) is 3. The lowest BCUT2D eigenvalue weighted by molar-refractivity contribution is -0.136. The molecule has 1 N–H and O–H groups in total. The summed E-state index contributed by atoms with van der Waals surface area (Å²) in [5.74, 6) is 6.91. The zero-order chi connectivity index (χ0) is 20.9. The van der Waals surface area contributed by atoms with Crippen molar-refractivity contribution in [3.63, 3.8) is 0 Å². The molecule has 0 aliphatic carbocycles. The highest BCUT2D eigenvalue weighted by molar-refractivity contribution is 5.75. The van der Waals surface area contributed by atoms with Crippen LogP contribution in [-0.4, -0.2) is 59.1 Å². The maximum Gasteiger partial charge on any atom is 0.222 e. The van der Waals surface area contributed by atoms with Gasteiger partial charge >= 0.3 is 0 Å². The lowest BCUT2D eigenvalue weighted by Crippen LogP contribution is -2.67. The van der Waals surface area contributed by atoms with Crippen LogP contribution in [0, 0.1) is 11.8 Å². The topological polar surface area (TPSA) is 43.8 Å². The van der Waals surface area contributed by atoms with Gasteiger partial charge in [0.25, 0.3) is 0 Å². The third-order valence-electron chi connectivity index (χ3n) is 6.45. The molecule has 0 saturated carbocycles. The van der Waals surface area contributed by atoms with Gasteiger partial charge in [0.2, 0.25) is 5.91 Å². The molecule has 2 heterocycles. The minimum atomic E-state index is 0.132. The van der Waals surface area contributed by atoms with Gasteiger partial charge in [0.05, 0.1) is 6.61 Å². The van der Waals surface area contributed by atoms with E-state index >= 15 is 0 Å². The first-order valence-corrected chi connectivity index (χ1v) is 11.0. The summed E-state index contributed by atoms with van der Waals surface area (Å²) in [6.45, 7) is 4.69. The molecule has 0 bridgehead atoms. The average Bonchev–Trinajstić information content (AvgIpc) is 2.77. The van der Waals surface area contributed by atoms with Gasteiger partial charge in [-0.1, -0.05) is 49.1 Å². The van der Waals surface area contributed by atoms with E-state index in [4.69, 9.17) is 0 Å². The Labute approximate surface area is 179 Å². The Balaban J connectivity index is 1.53. The molecular weight excluding hydrogens is 372 g/mol. The molecule has 1 amide bonds. The molecule has 2 saturated heterocycles. The largest absolute Gasteiger partial charge is 0.395 e. The van der Waals surface area contributed by atoms with Crippen LogP contribution in [0.1, 0.15) is 48.8 Å². The summed E-state index contributed by atoms with van der Waals surface area (Å²) < 4.78 is 0. The first-order valence-electron chi connectivity index (χ1n) is 11.0. The van der Waals surface area contributed by atoms with Crippen molar-refractivity contribution in [1.29, 1.82) is 0 Å². The Bertz CT molecular complexity index is 914. The van der Waals surface area contributed by atoms with E-state index in [1.165, 1.54) is 5.56 Å². The van der Waals surface area contributed by atoms with Gasteiger partial charge in [-0.2, -0.15) is 0 Å². The van der Waals surface area contributed by atoms with Crippen LogP contribution in [-0.2, 0) is 4.79 Å². The Morgan fingerprint density at radius 1 is 1.00 bits per heavy atom. The zero-order valence-corrected chi connectivity index (χ0v) is 17.6. The van der Waals surface area contributed by atoms with Gasteiger partial charge in [0.1, 0.15) is 0 Å². The molecule has 4 heteroatoms. The highest BCUT2D eigenvalue weighted by Crippen LogP contribution is 2.42. The lowest BCUT2D eigenvalue weighted by atomic mass is 9.74. The zero-order valence-electron chi connectivity index (χ0n) is 17.6. The van der Waals surface area contributed by atoms with Gasteiger partial charge in [0, 0.05) is 48.6 Å². The monoisotopic (exact) mass is 402 g/mol. The number of aliphatic hydroxyl groups excluding tert-OH is 1. The van der Waals surface area contributed by atoms with E-state index in [0.29, 0.717) is 6.42 Å².